The number of pyridine rings is 1. The Labute approximate surface area is 136 Å². The molecule has 1 fully saturated rings. The van der Waals surface area contributed by atoms with Crippen molar-refractivity contribution in [1.82, 2.24) is 4.98 Å². The van der Waals surface area contributed by atoms with Crippen molar-refractivity contribution in [3.8, 4) is 0 Å². The smallest absolute Gasteiger partial charge is 0.338 e. The van der Waals surface area contributed by atoms with E-state index in [2.05, 4.69) is 22.9 Å². The number of methoxy groups -OCH3 is 1. The summed E-state index contributed by atoms with van der Waals surface area (Å²) in [6.07, 6.45) is 1.65. The van der Waals surface area contributed by atoms with Gasteiger partial charge in [-0.25, -0.2) is 4.79 Å². The molecule has 1 aliphatic rings. The first kappa shape index (κ1) is 15.7. The van der Waals surface area contributed by atoms with E-state index in [4.69, 9.17) is 9.47 Å². The van der Waals surface area contributed by atoms with Gasteiger partial charge < -0.3 is 14.4 Å². The Kier molecular flexibility index (Phi) is 4.22. The Morgan fingerprint density at radius 3 is 2.83 bits per heavy atom. The molecule has 0 aliphatic carbocycles. The Morgan fingerprint density at radius 2 is 2.13 bits per heavy atom. The lowest BCUT2D eigenvalue weighted by Crippen LogP contribution is -2.57. The number of carbonyl (C=O) groups is 1. The third kappa shape index (κ3) is 3.01. The molecule has 0 saturated carbocycles. The molecule has 1 saturated heterocycles. The number of ether oxygens (including phenoxy) is 2. The fraction of sp³-hybridized carbons (Fsp3) is 0.444. The van der Waals surface area contributed by atoms with E-state index in [0.29, 0.717) is 12.2 Å². The van der Waals surface area contributed by atoms with Gasteiger partial charge in [0.2, 0.25) is 0 Å². The lowest BCUT2D eigenvalue weighted by molar-refractivity contribution is 0.0528. The summed E-state index contributed by atoms with van der Waals surface area (Å²) in [7, 11) is 1.74. The predicted octanol–water partition coefficient (Wildman–Crippen LogP) is 2.88. The molecule has 0 spiro atoms. The molecule has 5 heteroatoms. The lowest BCUT2D eigenvalue weighted by atomic mass is 9.82. The van der Waals surface area contributed by atoms with Crippen molar-refractivity contribution in [3.05, 3.63) is 36.0 Å². The minimum absolute atomic E-state index is 0.197. The van der Waals surface area contributed by atoms with Gasteiger partial charge in [0, 0.05) is 42.9 Å². The SMILES string of the molecule is CCOC(=O)c1ccnc2ccc(N3CC(C)(COC)C3)cc12. The van der Waals surface area contributed by atoms with Gasteiger partial charge in [-0.05, 0) is 31.2 Å². The molecule has 0 amide bonds. The number of esters is 1. The molecule has 0 unspecified atom stereocenters. The molecule has 2 aromatic rings. The number of aromatic nitrogens is 1. The summed E-state index contributed by atoms with van der Waals surface area (Å²) in [4.78, 5) is 18.8. The van der Waals surface area contributed by atoms with Crippen LogP contribution in [0.4, 0.5) is 5.69 Å². The monoisotopic (exact) mass is 314 g/mol. The molecule has 23 heavy (non-hydrogen) atoms. The standard InChI is InChI=1S/C18H22N2O3/c1-4-23-17(21)14-7-8-19-16-6-5-13(9-15(14)16)20-10-18(2,11-20)12-22-3/h5-9H,4,10-12H2,1-3H3. The van der Waals surface area contributed by atoms with Crippen LogP contribution in [0.3, 0.4) is 0 Å². The lowest BCUT2D eigenvalue weighted by Gasteiger charge is -2.49. The van der Waals surface area contributed by atoms with E-state index < -0.39 is 0 Å². The molecule has 0 bridgehead atoms. The summed E-state index contributed by atoms with van der Waals surface area (Å²) in [5, 5.41) is 0.837. The van der Waals surface area contributed by atoms with Crippen molar-refractivity contribution in [3.63, 3.8) is 0 Å². The first-order chi connectivity index (χ1) is 11.1. The minimum Gasteiger partial charge on any atom is -0.462 e. The van der Waals surface area contributed by atoms with Crippen LogP contribution in [0.2, 0.25) is 0 Å². The highest BCUT2D eigenvalue weighted by Gasteiger charge is 2.38. The normalized spacial score (nSPS) is 16.2. The predicted molar refractivity (Wildman–Crippen MR) is 89.9 cm³/mol. The van der Waals surface area contributed by atoms with Gasteiger partial charge in [-0.2, -0.15) is 0 Å². The Hall–Kier alpha value is -2.14. The minimum atomic E-state index is -0.301. The van der Waals surface area contributed by atoms with Gasteiger partial charge >= 0.3 is 5.97 Å². The van der Waals surface area contributed by atoms with Crippen molar-refractivity contribution in [2.75, 3.05) is 38.3 Å². The molecular weight excluding hydrogens is 292 g/mol. The van der Waals surface area contributed by atoms with E-state index in [-0.39, 0.29) is 11.4 Å². The first-order valence-electron chi connectivity index (χ1n) is 7.86. The van der Waals surface area contributed by atoms with Crippen LogP contribution < -0.4 is 4.90 Å². The quantitative estimate of drug-likeness (QED) is 0.794. The second kappa shape index (κ2) is 6.16. The van der Waals surface area contributed by atoms with Crippen molar-refractivity contribution < 1.29 is 14.3 Å². The van der Waals surface area contributed by atoms with Crippen LogP contribution in [0, 0.1) is 5.41 Å². The van der Waals surface area contributed by atoms with E-state index in [9.17, 15) is 4.79 Å². The summed E-state index contributed by atoms with van der Waals surface area (Å²) in [5.41, 5.74) is 2.67. The second-order valence-corrected chi connectivity index (χ2v) is 6.38. The summed E-state index contributed by atoms with van der Waals surface area (Å²) in [6.45, 7) is 7.04. The molecule has 1 aromatic heterocycles. The zero-order chi connectivity index (χ0) is 16.4. The van der Waals surface area contributed by atoms with E-state index >= 15 is 0 Å². The van der Waals surface area contributed by atoms with Gasteiger partial charge in [0.25, 0.3) is 0 Å². The molecule has 0 radical (unpaired) electrons. The maximum atomic E-state index is 12.1. The van der Waals surface area contributed by atoms with Crippen LogP contribution in [-0.4, -0.2) is 44.4 Å². The molecule has 0 atom stereocenters. The maximum Gasteiger partial charge on any atom is 0.338 e. The summed E-state index contributed by atoms with van der Waals surface area (Å²) in [5.74, 6) is -0.301. The number of hydrogen-bond acceptors (Lipinski definition) is 5. The Morgan fingerprint density at radius 1 is 1.35 bits per heavy atom. The van der Waals surface area contributed by atoms with Crippen molar-refractivity contribution in [2.45, 2.75) is 13.8 Å². The maximum absolute atomic E-state index is 12.1. The van der Waals surface area contributed by atoms with Crippen LogP contribution in [0.1, 0.15) is 24.2 Å². The fourth-order valence-corrected chi connectivity index (χ4v) is 3.22. The molecule has 0 N–H and O–H groups in total. The van der Waals surface area contributed by atoms with Gasteiger partial charge in [0.05, 0.1) is 24.3 Å². The largest absolute Gasteiger partial charge is 0.462 e. The van der Waals surface area contributed by atoms with Gasteiger partial charge in [0.15, 0.2) is 0 Å². The second-order valence-electron chi connectivity index (χ2n) is 6.38. The molecule has 1 aromatic carbocycles. The Bertz CT molecular complexity index is 723. The van der Waals surface area contributed by atoms with Crippen molar-refractivity contribution >= 4 is 22.6 Å². The number of benzene rings is 1. The number of carbonyl (C=O) groups excluding carboxylic acids is 1. The van der Waals surface area contributed by atoms with E-state index in [1.54, 1.807) is 19.4 Å². The molecule has 5 nitrogen and oxygen atoms in total. The zero-order valence-electron chi connectivity index (χ0n) is 13.8. The number of hydrogen-bond donors (Lipinski definition) is 0. The van der Waals surface area contributed by atoms with Gasteiger partial charge in [-0.1, -0.05) is 6.92 Å². The van der Waals surface area contributed by atoms with E-state index in [1.807, 2.05) is 19.1 Å². The molecule has 1 aliphatic heterocycles. The van der Waals surface area contributed by atoms with Gasteiger partial charge in [-0.15, -0.1) is 0 Å². The topological polar surface area (TPSA) is 51.7 Å². The van der Waals surface area contributed by atoms with Crippen LogP contribution in [0.25, 0.3) is 10.9 Å². The third-order valence-corrected chi connectivity index (χ3v) is 4.22. The number of nitrogens with zero attached hydrogens (tertiary/aromatic N) is 2. The Balaban J connectivity index is 1.90. The number of fused-ring (bicyclic) bond motifs is 1. The highest BCUT2D eigenvalue weighted by molar-refractivity contribution is 6.04. The van der Waals surface area contributed by atoms with E-state index in [1.165, 1.54) is 0 Å². The van der Waals surface area contributed by atoms with Gasteiger partial charge in [0.1, 0.15) is 0 Å². The number of rotatable bonds is 5. The van der Waals surface area contributed by atoms with Crippen molar-refractivity contribution in [2.24, 2.45) is 5.41 Å². The first-order valence-corrected chi connectivity index (χ1v) is 7.86. The highest BCUT2D eigenvalue weighted by atomic mass is 16.5. The van der Waals surface area contributed by atoms with Gasteiger partial charge in [-0.3, -0.25) is 4.98 Å². The summed E-state index contributed by atoms with van der Waals surface area (Å²) in [6, 6.07) is 7.76. The average Bonchev–Trinajstić information content (AvgIpc) is 2.52. The van der Waals surface area contributed by atoms with Crippen LogP contribution >= 0.6 is 0 Å². The molecule has 2 heterocycles. The number of anilines is 1. The summed E-state index contributed by atoms with van der Waals surface area (Å²) >= 11 is 0. The van der Waals surface area contributed by atoms with Crippen LogP contribution in [0.15, 0.2) is 30.5 Å². The molecule has 122 valence electrons. The highest BCUT2D eigenvalue weighted by Crippen LogP contribution is 2.35. The van der Waals surface area contributed by atoms with Crippen LogP contribution in [-0.2, 0) is 9.47 Å². The third-order valence-electron chi connectivity index (χ3n) is 4.22. The zero-order valence-corrected chi connectivity index (χ0v) is 13.8. The summed E-state index contributed by atoms with van der Waals surface area (Å²) < 4.78 is 10.4. The fourth-order valence-electron chi connectivity index (χ4n) is 3.22. The van der Waals surface area contributed by atoms with Crippen LogP contribution in [0.5, 0.6) is 0 Å². The average molecular weight is 314 g/mol. The van der Waals surface area contributed by atoms with Crippen molar-refractivity contribution in [1.29, 1.82) is 0 Å². The van der Waals surface area contributed by atoms with E-state index in [0.717, 1.165) is 36.3 Å². The molecule has 3 rings (SSSR count). The molecular formula is C18H22N2O3.